The number of amides is 1. The van der Waals surface area contributed by atoms with E-state index in [1.165, 1.54) is 19.1 Å². The maximum absolute atomic E-state index is 13.4. The first-order chi connectivity index (χ1) is 17.6. The van der Waals surface area contributed by atoms with Crippen molar-refractivity contribution < 1.29 is 28.9 Å². The number of carbonyl (C=O) groups excluding carboxylic acids is 2. The third kappa shape index (κ3) is 6.07. The number of methoxy groups -OCH3 is 2. The SMILES string of the molecule is COc1cccc([C@@H]2C(=C(O)c3ccc(OCC(C)C)c(C)c3)C(=O)C(=O)N2CCCN(C)C)c1OC. The Bertz CT molecular complexity index is 1170. The largest absolute Gasteiger partial charge is 0.507 e. The van der Waals surface area contributed by atoms with Crippen molar-refractivity contribution in [3.63, 3.8) is 0 Å². The first kappa shape index (κ1) is 28.1. The first-order valence-electron chi connectivity index (χ1n) is 12.5. The van der Waals surface area contributed by atoms with Crippen molar-refractivity contribution >= 4 is 17.4 Å². The molecule has 1 atom stereocenters. The zero-order valence-electron chi connectivity index (χ0n) is 22.8. The fraction of sp³-hybridized carbons (Fsp3) is 0.448. The Morgan fingerprint density at radius 2 is 1.81 bits per heavy atom. The summed E-state index contributed by atoms with van der Waals surface area (Å²) in [5.41, 5.74) is 1.85. The molecule has 0 radical (unpaired) electrons. The van der Waals surface area contributed by atoms with Crippen LogP contribution in [0.15, 0.2) is 42.0 Å². The molecule has 1 fully saturated rings. The monoisotopic (exact) mass is 510 g/mol. The van der Waals surface area contributed by atoms with E-state index in [0.29, 0.717) is 53.9 Å². The van der Waals surface area contributed by atoms with Gasteiger partial charge in [0.05, 0.1) is 32.4 Å². The van der Waals surface area contributed by atoms with E-state index in [4.69, 9.17) is 14.2 Å². The molecule has 0 bridgehead atoms. The minimum atomic E-state index is -0.829. The molecular weight excluding hydrogens is 472 g/mol. The van der Waals surface area contributed by atoms with Crippen LogP contribution in [-0.4, -0.2) is 74.6 Å². The molecular formula is C29H38N2O6. The van der Waals surface area contributed by atoms with E-state index < -0.39 is 17.7 Å². The Hall–Kier alpha value is -3.52. The van der Waals surface area contributed by atoms with Crippen LogP contribution in [0.1, 0.15) is 43.0 Å². The molecule has 2 aromatic carbocycles. The van der Waals surface area contributed by atoms with Crippen LogP contribution in [0, 0.1) is 12.8 Å². The topological polar surface area (TPSA) is 88.5 Å². The van der Waals surface area contributed by atoms with Crippen molar-refractivity contribution in [1.29, 1.82) is 0 Å². The van der Waals surface area contributed by atoms with Gasteiger partial charge in [0.1, 0.15) is 11.5 Å². The first-order valence-corrected chi connectivity index (χ1v) is 12.5. The van der Waals surface area contributed by atoms with Crippen LogP contribution in [0.5, 0.6) is 17.2 Å². The molecule has 1 N–H and O–H groups in total. The highest BCUT2D eigenvalue weighted by Crippen LogP contribution is 2.45. The van der Waals surface area contributed by atoms with Crippen LogP contribution in [0.4, 0.5) is 0 Å². The number of likely N-dealkylation sites (tertiary alicyclic amines) is 1. The van der Waals surface area contributed by atoms with Crippen molar-refractivity contribution in [2.45, 2.75) is 33.2 Å². The lowest BCUT2D eigenvalue weighted by molar-refractivity contribution is -0.140. The number of aliphatic hydroxyl groups is 1. The molecule has 1 heterocycles. The summed E-state index contributed by atoms with van der Waals surface area (Å²) in [5.74, 6) is 0.352. The molecule has 1 aliphatic rings. The highest BCUT2D eigenvalue weighted by molar-refractivity contribution is 6.46. The molecule has 8 heteroatoms. The maximum Gasteiger partial charge on any atom is 0.295 e. The highest BCUT2D eigenvalue weighted by Gasteiger charge is 2.47. The number of ether oxygens (including phenoxy) is 3. The number of aryl methyl sites for hydroxylation is 1. The van der Waals surface area contributed by atoms with Gasteiger partial charge in [-0.2, -0.15) is 0 Å². The van der Waals surface area contributed by atoms with E-state index >= 15 is 0 Å². The van der Waals surface area contributed by atoms with E-state index in [9.17, 15) is 14.7 Å². The smallest absolute Gasteiger partial charge is 0.295 e. The molecule has 0 spiro atoms. The number of para-hydroxylation sites is 1. The predicted octanol–water partition coefficient (Wildman–Crippen LogP) is 4.42. The van der Waals surface area contributed by atoms with Crippen molar-refractivity contribution in [2.24, 2.45) is 5.92 Å². The summed E-state index contributed by atoms with van der Waals surface area (Å²) in [7, 11) is 6.95. The number of hydrogen-bond donors (Lipinski definition) is 1. The number of nitrogens with zero attached hydrogens (tertiary/aromatic N) is 2. The van der Waals surface area contributed by atoms with Crippen molar-refractivity contribution in [2.75, 3.05) is 48.0 Å². The molecule has 37 heavy (non-hydrogen) atoms. The van der Waals surface area contributed by atoms with Gasteiger partial charge in [-0.1, -0.05) is 26.0 Å². The molecule has 1 amide bonds. The molecule has 3 rings (SSSR count). The van der Waals surface area contributed by atoms with Crippen LogP contribution >= 0.6 is 0 Å². The number of carbonyl (C=O) groups is 2. The molecule has 0 unspecified atom stereocenters. The summed E-state index contributed by atoms with van der Waals surface area (Å²) >= 11 is 0. The van der Waals surface area contributed by atoms with Gasteiger partial charge in [-0.3, -0.25) is 9.59 Å². The van der Waals surface area contributed by atoms with Crippen LogP contribution in [0.2, 0.25) is 0 Å². The minimum Gasteiger partial charge on any atom is -0.507 e. The maximum atomic E-state index is 13.4. The van der Waals surface area contributed by atoms with Gasteiger partial charge in [-0.05, 0) is 69.7 Å². The Balaban J connectivity index is 2.14. The van der Waals surface area contributed by atoms with E-state index in [0.717, 1.165) is 12.1 Å². The van der Waals surface area contributed by atoms with Gasteiger partial charge in [-0.15, -0.1) is 0 Å². The Labute approximate surface area is 219 Å². The van der Waals surface area contributed by atoms with Gasteiger partial charge < -0.3 is 29.1 Å². The lowest BCUT2D eigenvalue weighted by atomic mass is 9.93. The standard InChI is InChI=1S/C29H38N2O6/c1-18(2)17-37-22-13-12-20(16-19(22)3)26(32)24-25(21-10-8-11-23(35-6)28(21)36-7)31(29(34)27(24)33)15-9-14-30(4)5/h8,10-13,16,18,25,32H,9,14-15,17H2,1-7H3/t25-/m1/s1. The minimum absolute atomic E-state index is 0.0247. The number of ketones is 1. The molecule has 0 saturated carbocycles. The van der Waals surface area contributed by atoms with Crippen molar-refractivity contribution in [3.8, 4) is 17.2 Å². The molecule has 1 aliphatic heterocycles. The summed E-state index contributed by atoms with van der Waals surface area (Å²) in [6.45, 7) is 7.67. The van der Waals surface area contributed by atoms with Crippen LogP contribution in [0.3, 0.4) is 0 Å². The van der Waals surface area contributed by atoms with Gasteiger partial charge in [0, 0.05) is 17.7 Å². The fourth-order valence-corrected chi connectivity index (χ4v) is 4.49. The summed E-state index contributed by atoms with van der Waals surface area (Å²) < 4.78 is 17.0. The average molecular weight is 511 g/mol. The van der Waals surface area contributed by atoms with E-state index in [1.54, 1.807) is 36.4 Å². The Kier molecular flexibility index (Phi) is 9.21. The quantitative estimate of drug-likeness (QED) is 0.272. The van der Waals surface area contributed by atoms with E-state index in [1.807, 2.05) is 25.9 Å². The number of rotatable bonds is 11. The summed E-state index contributed by atoms with van der Waals surface area (Å²) in [4.78, 5) is 30.2. The number of benzene rings is 2. The Morgan fingerprint density at radius 1 is 1.08 bits per heavy atom. The third-order valence-electron chi connectivity index (χ3n) is 6.29. The third-order valence-corrected chi connectivity index (χ3v) is 6.29. The summed E-state index contributed by atoms with van der Waals surface area (Å²) in [6.07, 6.45) is 0.657. The number of aliphatic hydroxyl groups excluding tert-OH is 1. The second-order valence-corrected chi connectivity index (χ2v) is 9.92. The predicted molar refractivity (Wildman–Crippen MR) is 143 cm³/mol. The molecule has 2 aromatic rings. The molecule has 8 nitrogen and oxygen atoms in total. The normalized spacial score (nSPS) is 17.1. The number of Topliss-reactive ketones (excluding diaryl/α,β-unsaturated/α-hetero) is 1. The molecule has 200 valence electrons. The number of hydrogen-bond acceptors (Lipinski definition) is 7. The summed E-state index contributed by atoms with van der Waals surface area (Å²) in [6, 6.07) is 9.74. The van der Waals surface area contributed by atoms with Gasteiger partial charge in [0.15, 0.2) is 11.5 Å². The van der Waals surface area contributed by atoms with Crippen molar-refractivity contribution in [1.82, 2.24) is 9.80 Å². The van der Waals surface area contributed by atoms with E-state index in [2.05, 4.69) is 13.8 Å². The Morgan fingerprint density at radius 3 is 2.41 bits per heavy atom. The zero-order chi connectivity index (χ0) is 27.3. The highest BCUT2D eigenvalue weighted by atomic mass is 16.5. The van der Waals surface area contributed by atoms with Gasteiger partial charge in [-0.25, -0.2) is 0 Å². The lowest BCUT2D eigenvalue weighted by Crippen LogP contribution is -2.32. The van der Waals surface area contributed by atoms with Crippen LogP contribution in [-0.2, 0) is 9.59 Å². The van der Waals surface area contributed by atoms with E-state index in [-0.39, 0.29) is 11.3 Å². The zero-order valence-corrected chi connectivity index (χ0v) is 22.8. The summed E-state index contributed by atoms with van der Waals surface area (Å²) in [5, 5.41) is 11.5. The lowest BCUT2D eigenvalue weighted by Gasteiger charge is -2.27. The van der Waals surface area contributed by atoms with Crippen LogP contribution < -0.4 is 14.2 Å². The van der Waals surface area contributed by atoms with Gasteiger partial charge >= 0.3 is 0 Å². The second-order valence-electron chi connectivity index (χ2n) is 9.92. The second kappa shape index (κ2) is 12.1. The molecule has 0 aromatic heterocycles. The van der Waals surface area contributed by atoms with Crippen molar-refractivity contribution in [3.05, 3.63) is 58.7 Å². The fourth-order valence-electron chi connectivity index (χ4n) is 4.49. The van der Waals surface area contributed by atoms with Gasteiger partial charge in [0.2, 0.25) is 0 Å². The van der Waals surface area contributed by atoms with Crippen LogP contribution in [0.25, 0.3) is 5.76 Å². The van der Waals surface area contributed by atoms with Gasteiger partial charge in [0.25, 0.3) is 11.7 Å². The molecule has 1 saturated heterocycles. The molecule has 0 aliphatic carbocycles. The average Bonchev–Trinajstić information content (AvgIpc) is 3.11.